The van der Waals surface area contributed by atoms with Gasteiger partial charge in [0.1, 0.15) is 0 Å². The first-order chi connectivity index (χ1) is 14.7. The minimum atomic E-state index is -3.33. The molecule has 3 aromatic carbocycles. The molecule has 0 spiro atoms. The third kappa shape index (κ3) is 4.52. The largest absolute Gasteiger partial charge is 0.279 e. The number of carbonyl (C=O) groups is 1. The Bertz CT molecular complexity index is 1380. The van der Waals surface area contributed by atoms with Crippen LogP contribution in [0.4, 0.5) is 5.13 Å². The Morgan fingerprint density at radius 3 is 2.45 bits per heavy atom. The van der Waals surface area contributed by atoms with Crippen molar-refractivity contribution < 1.29 is 13.2 Å². The van der Waals surface area contributed by atoms with Crippen LogP contribution in [-0.2, 0) is 16.4 Å². The minimum Gasteiger partial charge on any atom is -0.279 e. The molecule has 0 N–H and O–H groups in total. The first-order valence-corrected chi connectivity index (χ1v) is 12.5. The summed E-state index contributed by atoms with van der Waals surface area (Å²) in [4.78, 5) is 20.2. The predicted octanol–water partition coefficient (Wildman–Crippen LogP) is 5.16. The molecular formula is C24H22N2O3S2. The van der Waals surface area contributed by atoms with E-state index in [1.54, 1.807) is 23.1 Å². The van der Waals surface area contributed by atoms with E-state index < -0.39 is 9.84 Å². The van der Waals surface area contributed by atoms with Gasteiger partial charge in [0.25, 0.3) is 5.91 Å². The summed E-state index contributed by atoms with van der Waals surface area (Å²) in [5.41, 5.74) is 4.19. The van der Waals surface area contributed by atoms with Gasteiger partial charge in [0, 0.05) is 11.8 Å². The number of benzene rings is 3. The molecule has 0 saturated carbocycles. The second-order valence-electron chi connectivity index (χ2n) is 7.59. The van der Waals surface area contributed by atoms with Crippen molar-refractivity contribution >= 4 is 42.4 Å². The van der Waals surface area contributed by atoms with Crippen molar-refractivity contribution in [2.75, 3.05) is 11.2 Å². The standard InChI is InChI=1S/C24H22N2O3S2/c1-16-9-10-17(2)20(13-16)23(27)26(15-18-7-5-4-6-8-18)24-25-21-12-11-19(31(3,28)29)14-22(21)30-24/h4-14H,15H2,1-3H3. The molecule has 0 bridgehead atoms. The number of nitrogens with zero attached hydrogens (tertiary/aromatic N) is 2. The number of fused-ring (bicyclic) bond motifs is 1. The highest BCUT2D eigenvalue weighted by Crippen LogP contribution is 2.32. The molecule has 158 valence electrons. The summed E-state index contributed by atoms with van der Waals surface area (Å²) in [7, 11) is -3.33. The molecule has 4 aromatic rings. The van der Waals surface area contributed by atoms with Crippen LogP contribution in [0.1, 0.15) is 27.0 Å². The molecule has 4 rings (SSSR count). The minimum absolute atomic E-state index is 0.132. The van der Waals surface area contributed by atoms with Crippen LogP contribution in [0.25, 0.3) is 10.2 Å². The molecular weight excluding hydrogens is 428 g/mol. The van der Waals surface area contributed by atoms with Crippen LogP contribution in [0.5, 0.6) is 0 Å². The molecule has 0 saturated heterocycles. The fourth-order valence-electron chi connectivity index (χ4n) is 3.34. The number of anilines is 1. The van der Waals surface area contributed by atoms with Crippen molar-refractivity contribution in [2.24, 2.45) is 0 Å². The zero-order valence-electron chi connectivity index (χ0n) is 17.5. The summed E-state index contributed by atoms with van der Waals surface area (Å²) in [6, 6.07) is 20.4. The van der Waals surface area contributed by atoms with Crippen LogP contribution >= 0.6 is 11.3 Å². The highest BCUT2D eigenvalue weighted by Gasteiger charge is 2.23. The highest BCUT2D eigenvalue weighted by atomic mass is 32.2. The average Bonchev–Trinajstić information content (AvgIpc) is 3.16. The van der Waals surface area contributed by atoms with Crippen LogP contribution < -0.4 is 4.90 Å². The molecule has 1 aromatic heterocycles. The summed E-state index contributed by atoms with van der Waals surface area (Å²) < 4.78 is 24.6. The zero-order chi connectivity index (χ0) is 22.2. The molecule has 31 heavy (non-hydrogen) atoms. The Kier molecular flexibility index (Phi) is 5.64. The maximum absolute atomic E-state index is 13.6. The van der Waals surface area contributed by atoms with E-state index in [1.807, 2.05) is 62.4 Å². The molecule has 1 heterocycles. The van der Waals surface area contributed by atoms with E-state index in [4.69, 9.17) is 0 Å². The maximum atomic E-state index is 13.6. The second kappa shape index (κ2) is 8.24. The van der Waals surface area contributed by atoms with Crippen LogP contribution in [0.15, 0.2) is 71.6 Å². The van der Waals surface area contributed by atoms with Crippen LogP contribution in [-0.4, -0.2) is 25.6 Å². The molecule has 7 heteroatoms. The van der Waals surface area contributed by atoms with Crippen molar-refractivity contribution in [1.29, 1.82) is 0 Å². The Balaban J connectivity index is 1.82. The van der Waals surface area contributed by atoms with Crippen LogP contribution in [0, 0.1) is 13.8 Å². The predicted molar refractivity (Wildman–Crippen MR) is 126 cm³/mol. The van der Waals surface area contributed by atoms with Gasteiger partial charge in [0.2, 0.25) is 0 Å². The quantitative estimate of drug-likeness (QED) is 0.421. The summed E-state index contributed by atoms with van der Waals surface area (Å²) >= 11 is 1.32. The summed E-state index contributed by atoms with van der Waals surface area (Å²) in [6.07, 6.45) is 1.18. The van der Waals surface area contributed by atoms with Crippen molar-refractivity contribution in [3.63, 3.8) is 0 Å². The number of thiazole rings is 1. The number of hydrogen-bond acceptors (Lipinski definition) is 5. The Labute approximate surface area is 185 Å². The van der Waals surface area contributed by atoms with Gasteiger partial charge in [-0.3, -0.25) is 9.69 Å². The fourth-order valence-corrected chi connectivity index (χ4v) is 5.07. The van der Waals surface area contributed by atoms with Gasteiger partial charge < -0.3 is 0 Å². The van der Waals surface area contributed by atoms with Gasteiger partial charge in [-0.15, -0.1) is 0 Å². The normalized spacial score (nSPS) is 11.6. The Morgan fingerprint density at radius 1 is 1.00 bits per heavy atom. The Morgan fingerprint density at radius 2 is 1.74 bits per heavy atom. The van der Waals surface area contributed by atoms with E-state index >= 15 is 0 Å². The van der Waals surface area contributed by atoms with E-state index in [1.165, 1.54) is 17.6 Å². The van der Waals surface area contributed by atoms with Crippen LogP contribution in [0.2, 0.25) is 0 Å². The molecule has 1 amide bonds. The van der Waals surface area contributed by atoms with Gasteiger partial charge in [-0.2, -0.15) is 0 Å². The number of aryl methyl sites for hydroxylation is 2. The summed E-state index contributed by atoms with van der Waals surface area (Å²) in [6.45, 7) is 4.25. The molecule has 0 radical (unpaired) electrons. The van der Waals surface area contributed by atoms with Gasteiger partial charge in [0.15, 0.2) is 15.0 Å². The van der Waals surface area contributed by atoms with Crippen molar-refractivity contribution in [2.45, 2.75) is 25.3 Å². The lowest BCUT2D eigenvalue weighted by atomic mass is 10.0. The molecule has 0 aliphatic heterocycles. The number of hydrogen-bond donors (Lipinski definition) is 0. The first kappa shape index (κ1) is 21.2. The molecule has 5 nitrogen and oxygen atoms in total. The van der Waals surface area contributed by atoms with Crippen LogP contribution in [0.3, 0.4) is 0 Å². The van der Waals surface area contributed by atoms with Gasteiger partial charge in [0.05, 0.1) is 21.7 Å². The Hall–Kier alpha value is -3.03. The average molecular weight is 451 g/mol. The van der Waals surface area contributed by atoms with Crippen molar-refractivity contribution in [3.05, 3.63) is 89.0 Å². The molecule has 0 unspecified atom stereocenters. The summed E-state index contributed by atoms with van der Waals surface area (Å²) in [5, 5.41) is 0.537. The lowest BCUT2D eigenvalue weighted by Gasteiger charge is -2.21. The highest BCUT2D eigenvalue weighted by molar-refractivity contribution is 7.90. The monoisotopic (exact) mass is 450 g/mol. The molecule has 0 aliphatic rings. The number of amides is 1. The molecule has 0 fully saturated rings. The number of rotatable bonds is 5. The second-order valence-corrected chi connectivity index (χ2v) is 10.6. The third-order valence-electron chi connectivity index (χ3n) is 5.06. The molecule has 0 aliphatic carbocycles. The third-order valence-corrected chi connectivity index (χ3v) is 7.21. The number of carbonyl (C=O) groups excluding carboxylic acids is 1. The number of aromatic nitrogens is 1. The summed E-state index contributed by atoms with van der Waals surface area (Å²) in [5.74, 6) is -0.132. The first-order valence-electron chi connectivity index (χ1n) is 9.76. The maximum Gasteiger partial charge on any atom is 0.260 e. The smallest absolute Gasteiger partial charge is 0.260 e. The van der Waals surface area contributed by atoms with E-state index in [0.29, 0.717) is 22.8 Å². The lowest BCUT2D eigenvalue weighted by molar-refractivity contribution is 0.0984. The van der Waals surface area contributed by atoms with E-state index in [0.717, 1.165) is 21.4 Å². The van der Waals surface area contributed by atoms with Crippen molar-refractivity contribution in [3.8, 4) is 0 Å². The van der Waals surface area contributed by atoms with Gasteiger partial charge in [-0.05, 0) is 49.2 Å². The van der Waals surface area contributed by atoms with Gasteiger partial charge >= 0.3 is 0 Å². The fraction of sp³-hybridized carbons (Fsp3) is 0.167. The zero-order valence-corrected chi connectivity index (χ0v) is 19.1. The lowest BCUT2D eigenvalue weighted by Crippen LogP contribution is -2.31. The van der Waals surface area contributed by atoms with E-state index in [2.05, 4.69) is 4.98 Å². The van der Waals surface area contributed by atoms with E-state index in [-0.39, 0.29) is 10.8 Å². The van der Waals surface area contributed by atoms with E-state index in [9.17, 15) is 13.2 Å². The SMILES string of the molecule is Cc1ccc(C)c(C(=O)N(Cc2ccccc2)c2nc3ccc(S(C)(=O)=O)cc3s2)c1. The van der Waals surface area contributed by atoms with Gasteiger partial charge in [-0.1, -0.05) is 59.4 Å². The van der Waals surface area contributed by atoms with Gasteiger partial charge in [-0.25, -0.2) is 13.4 Å². The van der Waals surface area contributed by atoms with Crippen molar-refractivity contribution in [1.82, 2.24) is 4.98 Å². The molecule has 0 atom stereocenters. The topological polar surface area (TPSA) is 67.3 Å². The number of sulfone groups is 1.